The van der Waals surface area contributed by atoms with Gasteiger partial charge in [0.2, 0.25) is 5.91 Å². The fourth-order valence-corrected chi connectivity index (χ4v) is 4.12. The minimum absolute atomic E-state index is 0.107. The molecule has 2 aliphatic heterocycles. The summed E-state index contributed by atoms with van der Waals surface area (Å²) in [6.45, 7) is 7.29. The second kappa shape index (κ2) is 10.4. The van der Waals surface area contributed by atoms with Crippen molar-refractivity contribution < 1.29 is 19.4 Å². The number of morpholine rings is 2. The van der Waals surface area contributed by atoms with E-state index in [-0.39, 0.29) is 18.0 Å². The number of ether oxygens (including phenoxy) is 2. The molecule has 7 heteroatoms. The van der Waals surface area contributed by atoms with E-state index in [9.17, 15) is 9.90 Å². The average molecular weight is 367 g/mol. The first kappa shape index (κ1) is 19.8. The highest BCUT2D eigenvalue weighted by Gasteiger charge is 2.34. The lowest BCUT2D eigenvalue weighted by Gasteiger charge is -2.38. The number of aliphatic hydroxyl groups is 1. The molecule has 0 spiro atoms. The fraction of sp³-hybridized carbons (Fsp3) is 0.842. The number of aliphatic hydroxyl groups excluding tert-OH is 1. The zero-order valence-electron chi connectivity index (χ0n) is 15.6. The SMILES string of the molecule is O=C(/C=C/CN1CCOCC1)N[C@@H]1CCCC[C@@H](N2CCOCC2)[C@@H]1O. The monoisotopic (exact) mass is 367 g/mol. The van der Waals surface area contributed by atoms with E-state index in [1.54, 1.807) is 6.08 Å². The lowest BCUT2D eigenvalue weighted by atomic mass is 9.99. The van der Waals surface area contributed by atoms with E-state index in [0.717, 1.165) is 84.8 Å². The van der Waals surface area contributed by atoms with Crippen LogP contribution < -0.4 is 5.32 Å². The number of carbonyl (C=O) groups is 1. The van der Waals surface area contributed by atoms with Gasteiger partial charge in [0, 0.05) is 44.8 Å². The van der Waals surface area contributed by atoms with Gasteiger partial charge in [-0.2, -0.15) is 0 Å². The van der Waals surface area contributed by atoms with Crippen LogP contribution in [0.15, 0.2) is 12.2 Å². The van der Waals surface area contributed by atoms with Gasteiger partial charge in [0.15, 0.2) is 0 Å². The van der Waals surface area contributed by atoms with E-state index >= 15 is 0 Å². The quantitative estimate of drug-likeness (QED) is 0.526. The number of hydrogen-bond acceptors (Lipinski definition) is 6. The molecular weight excluding hydrogens is 334 g/mol. The van der Waals surface area contributed by atoms with Crippen molar-refractivity contribution in [2.75, 3.05) is 59.2 Å². The Morgan fingerprint density at radius 2 is 1.69 bits per heavy atom. The second-order valence-corrected chi connectivity index (χ2v) is 7.42. The summed E-state index contributed by atoms with van der Waals surface area (Å²) >= 11 is 0. The summed E-state index contributed by atoms with van der Waals surface area (Å²) < 4.78 is 10.8. The van der Waals surface area contributed by atoms with Crippen molar-refractivity contribution in [3.05, 3.63) is 12.2 Å². The summed E-state index contributed by atoms with van der Waals surface area (Å²) in [5.74, 6) is -0.107. The van der Waals surface area contributed by atoms with Crippen molar-refractivity contribution >= 4 is 5.91 Å². The summed E-state index contributed by atoms with van der Waals surface area (Å²) in [6.07, 6.45) is 6.96. The third-order valence-electron chi connectivity index (χ3n) is 5.65. The van der Waals surface area contributed by atoms with Crippen molar-refractivity contribution in [2.24, 2.45) is 0 Å². The molecule has 2 saturated heterocycles. The number of nitrogens with one attached hydrogen (secondary N) is 1. The highest BCUT2D eigenvalue weighted by atomic mass is 16.5. The molecule has 148 valence electrons. The number of rotatable bonds is 5. The number of hydrogen-bond donors (Lipinski definition) is 2. The highest BCUT2D eigenvalue weighted by Crippen LogP contribution is 2.24. The third-order valence-corrected chi connectivity index (χ3v) is 5.65. The Kier molecular flexibility index (Phi) is 7.88. The van der Waals surface area contributed by atoms with Gasteiger partial charge in [0.1, 0.15) is 0 Å². The van der Waals surface area contributed by atoms with E-state index in [0.29, 0.717) is 0 Å². The Balaban J connectivity index is 1.48. The van der Waals surface area contributed by atoms with Crippen LogP contribution >= 0.6 is 0 Å². The third kappa shape index (κ3) is 5.76. The maximum Gasteiger partial charge on any atom is 0.244 e. The zero-order valence-corrected chi connectivity index (χ0v) is 15.6. The first-order valence-corrected chi connectivity index (χ1v) is 10.0. The molecule has 2 N–H and O–H groups in total. The van der Waals surface area contributed by atoms with Gasteiger partial charge in [-0.25, -0.2) is 0 Å². The molecule has 1 aliphatic carbocycles. The van der Waals surface area contributed by atoms with Crippen LogP contribution in [0.5, 0.6) is 0 Å². The Morgan fingerprint density at radius 3 is 2.42 bits per heavy atom. The minimum Gasteiger partial charge on any atom is -0.389 e. The van der Waals surface area contributed by atoms with Crippen LogP contribution in [0.25, 0.3) is 0 Å². The van der Waals surface area contributed by atoms with E-state index in [1.807, 2.05) is 6.08 Å². The van der Waals surface area contributed by atoms with Crippen LogP contribution in [0.4, 0.5) is 0 Å². The van der Waals surface area contributed by atoms with Crippen LogP contribution in [0.2, 0.25) is 0 Å². The molecule has 0 bridgehead atoms. The molecule has 3 atom stereocenters. The standard InChI is InChI=1S/C19H33N3O4/c23-18(6-3-7-21-8-12-25-13-9-21)20-16-4-1-2-5-17(19(16)24)22-10-14-26-15-11-22/h3,6,16-17,19,24H,1-2,4-5,7-15H2,(H,20,23)/b6-3+/t16-,17-,19-/m1/s1. The molecule has 3 aliphatic rings. The predicted molar refractivity (Wildman–Crippen MR) is 99.0 cm³/mol. The lowest BCUT2D eigenvalue weighted by molar-refractivity contribution is -0.118. The minimum atomic E-state index is -0.521. The van der Waals surface area contributed by atoms with E-state index in [4.69, 9.17) is 9.47 Å². The molecule has 0 radical (unpaired) electrons. The summed E-state index contributed by atoms with van der Waals surface area (Å²) in [5.41, 5.74) is 0. The summed E-state index contributed by atoms with van der Waals surface area (Å²) in [6, 6.07) is -0.0603. The maximum atomic E-state index is 12.3. The van der Waals surface area contributed by atoms with Gasteiger partial charge in [0.25, 0.3) is 0 Å². The smallest absolute Gasteiger partial charge is 0.244 e. The Labute approximate surface area is 156 Å². The molecule has 2 heterocycles. The van der Waals surface area contributed by atoms with E-state index < -0.39 is 6.10 Å². The molecule has 26 heavy (non-hydrogen) atoms. The highest BCUT2D eigenvalue weighted by molar-refractivity contribution is 5.87. The zero-order chi connectivity index (χ0) is 18.2. The fourth-order valence-electron chi connectivity index (χ4n) is 4.12. The van der Waals surface area contributed by atoms with Crippen LogP contribution in [0, 0.1) is 0 Å². The van der Waals surface area contributed by atoms with Crippen molar-refractivity contribution in [2.45, 2.75) is 43.9 Å². The molecule has 1 saturated carbocycles. The van der Waals surface area contributed by atoms with Gasteiger partial charge < -0.3 is 19.9 Å². The number of amides is 1. The molecular formula is C19H33N3O4. The van der Waals surface area contributed by atoms with Crippen LogP contribution in [0.1, 0.15) is 25.7 Å². The molecule has 0 aromatic carbocycles. The first-order chi connectivity index (χ1) is 12.7. The molecule has 1 amide bonds. The summed E-state index contributed by atoms with van der Waals surface area (Å²) in [7, 11) is 0. The Morgan fingerprint density at radius 1 is 1.04 bits per heavy atom. The predicted octanol–water partition coefficient (Wildman–Crippen LogP) is -0.00470. The van der Waals surface area contributed by atoms with E-state index in [2.05, 4.69) is 15.1 Å². The van der Waals surface area contributed by atoms with Crippen molar-refractivity contribution in [1.82, 2.24) is 15.1 Å². The summed E-state index contributed by atoms with van der Waals surface area (Å²) in [5, 5.41) is 13.9. The molecule has 7 nitrogen and oxygen atoms in total. The van der Waals surface area contributed by atoms with Gasteiger partial charge in [-0.3, -0.25) is 14.6 Å². The average Bonchev–Trinajstić information content (AvgIpc) is 2.85. The second-order valence-electron chi connectivity index (χ2n) is 7.42. The maximum absolute atomic E-state index is 12.3. The van der Waals surface area contributed by atoms with Gasteiger partial charge in [-0.05, 0) is 12.8 Å². The molecule has 3 fully saturated rings. The number of nitrogens with zero attached hydrogens (tertiary/aromatic N) is 2. The van der Waals surface area contributed by atoms with Crippen LogP contribution in [-0.4, -0.2) is 98.2 Å². The molecule has 3 rings (SSSR count). The van der Waals surface area contributed by atoms with Crippen molar-refractivity contribution in [3.8, 4) is 0 Å². The van der Waals surface area contributed by atoms with Crippen LogP contribution in [-0.2, 0) is 14.3 Å². The number of carbonyl (C=O) groups excluding carboxylic acids is 1. The molecule has 0 unspecified atom stereocenters. The van der Waals surface area contributed by atoms with Gasteiger partial charge in [-0.1, -0.05) is 18.9 Å². The van der Waals surface area contributed by atoms with Crippen molar-refractivity contribution in [3.63, 3.8) is 0 Å². The lowest BCUT2D eigenvalue weighted by Crippen LogP contribution is -2.55. The largest absolute Gasteiger partial charge is 0.389 e. The normalized spacial score (nSPS) is 32.4. The Bertz CT molecular complexity index is 462. The van der Waals surface area contributed by atoms with Crippen molar-refractivity contribution in [1.29, 1.82) is 0 Å². The summed E-state index contributed by atoms with van der Waals surface area (Å²) in [4.78, 5) is 16.9. The van der Waals surface area contributed by atoms with Crippen LogP contribution in [0.3, 0.4) is 0 Å². The first-order valence-electron chi connectivity index (χ1n) is 10.0. The van der Waals surface area contributed by atoms with E-state index in [1.165, 1.54) is 0 Å². The van der Waals surface area contributed by atoms with Gasteiger partial charge >= 0.3 is 0 Å². The molecule has 0 aromatic rings. The topological polar surface area (TPSA) is 74.3 Å². The van der Waals surface area contributed by atoms with Gasteiger partial charge in [0.05, 0.1) is 38.6 Å². The molecule has 0 aromatic heterocycles. The Hall–Kier alpha value is -0.990. The van der Waals surface area contributed by atoms with Gasteiger partial charge in [-0.15, -0.1) is 0 Å².